The number of likely N-dealkylation sites (tertiary alicyclic amines) is 1. The Kier molecular flexibility index (Phi) is 5.08. The van der Waals surface area contributed by atoms with E-state index in [9.17, 15) is 14.4 Å². The highest BCUT2D eigenvalue weighted by molar-refractivity contribution is 5.82. The van der Waals surface area contributed by atoms with Crippen molar-refractivity contribution in [3.05, 3.63) is 59.7 Å². The minimum absolute atomic E-state index is 0.0206. The fourth-order valence-electron chi connectivity index (χ4n) is 6.47. The molecular formula is C27H28N2O5. The first-order valence-electron chi connectivity index (χ1n) is 12.1. The minimum atomic E-state index is -0.740. The van der Waals surface area contributed by atoms with E-state index in [-0.39, 0.29) is 48.1 Å². The smallest absolute Gasteiger partial charge is 0.407 e. The Morgan fingerprint density at radius 2 is 1.56 bits per heavy atom. The molecule has 0 aromatic heterocycles. The molecule has 1 aliphatic heterocycles. The molecule has 7 nitrogen and oxygen atoms in total. The van der Waals surface area contributed by atoms with Crippen LogP contribution in [0.25, 0.3) is 11.1 Å². The SMILES string of the molecule is O=C(N[C@H]1CC[C@@H](C(=O)N2C[C@@H]3C(C(=O)O)[C@@H]3C2)C1)OCC1c2ccccc2-c2ccccc21. The van der Waals surface area contributed by atoms with Crippen molar-refractivity contribution in [1.82, 2.24) is 10.2 Å². The third kappa shape index (κ3) is 3.54. The number of carboxylic acid groups (broad SMARTS) is 1. The number of carbonyl (C=O) groups excluding carboxylic acids is 2. The van der Waals surface area contributed by atoms with Crippen LogP contribution < -0.4 is 5.32 Å². The Balaban J connectivity index is 1.01. The monoisotopic (exact) mass is 460 g/mol. The zero-order chi connectivity index (χ0) is 23.4. The van der Waals surface area contributed by atoms with Gasteiger partial charge in [0.1, 0.15) is 6.61 Å². The van der Waals surface area contributed by atoms with Crippen molar-refractivity contribution in [2.45, 2.75) is 31.2 Å². The number of nitrogens with one attached hydrogen (secondary N) is 1. The molecule has 2 amide bonds. The lowest BCUT2D eigenvalue weighted by molar-refractivity contribution is -0.141. The van der Waals surface area contributed by atoms with Gasteiger partial charge in [0, 0.05) is 31.0 Å². The molecule has 2 saturated carbocycles. The van der Waals surface area contributed by atoms with Crippen molar-refractivity contribution >= 4 is 18.0 Å². The Morgan fingerprint density at radius 3 is 2.18 bits per heavy atom. The van der Waals surface area contributed by atoms with E-state index in [0.29, 0.717) is 19.5 Å². The number of alkyl carbamates (subject to hydrolysis) is 1. The highest BCUT2D eigenvalue weighted by atomic mass is 16.5. The second-order valence-electron chi connectivity index (χ2n) is 10.1. The van der Waals surface area contributed by atoms with E-state index in [0.717, 1.165) is 12.8 Å². The first-order chi connectivity index (χ1) is 16.5. The molecule has 6 rings (SSSR count). The van der Waals surface area contributed by atoms with Crippen LogP contribution in [0.5, 0.6) is 0 Å². The minimum Gasteiger partial charge on any atom is -0.481 e. The summed E-state index contributed by atoms with van der Waals surface area (Å²) in [5.41, 5.74) is 4.74. The third-order valence-electron chi connectivity index (χ3n) is 8.24. The van der Waals surface area contributed by atoms with Crippen molar-refractivity contribution < 1.29 is 24.2 Å². The van der Waals surface area contributed by atoms with Crippen LogP contribution in [-0.2, 0) is 14.3 Å². The highest BCUT2D eigenvalue weighted by Gasteiger charge is 2.60. The molecule has 2 aromatic carbocycles. The predicted molar refractivity (Wildman–Crippen MR) is 124 cm³/mol. The van der Waals surface area contributed by atoms with Crippen molar-refractivity contribution in [3.63, 3.8) is 0 Å². The Bertz CT molecular complexity index is 1110. The van der Waals surface area contributed by atoms with Crippen molar-refractivity contribution in [1.29, 1.82) is 0 Å². The maximum absolute atomic E-state index is 12.9. The number of fused-ring (bicyclic) bond motifs is 4. The first kappa shape index (κ1) is 21.2. The summed E-state index contributed by atoms with van der Waals surface area (Å²) >= 11 is 0. The molecule has 3 aliphatic carbocycles. The molecule has 3 fully saturated rings. The number of benzene rings is 2. The van der Waals surface area contributed by atoms with Gasteiger partial charge < -0.3 is 20.1 Å². The average Bonchev–Trinajstić information content (AvgIpc) is 3.20. The van der Waals surface area contributed by atoms with Gasteiger partial charge >= 0.3 is 12.1 Å². The fraction of sp³-hybridized carbons (Fsp3) is 0.444. The second kappa shape index (κ2) is 8.15. The van der Waals surface area contributed by atoms with Gasteiger partial charge in [0.05, 0.1) is 5.92 Å². The Labute approximate surface area is 198 Å². The third-order valence-corrected chi connectivity index (χ3v) is 8.24. The van der Waals surface area contributed by atoms with Crippen LogP contribution in [0.4, 0.5) is 4.79 Å². The first-order valence-corrected chi connectivity index (χ1v) is 12.1. The zero-order valence-corrected chi connectivity index (χ0v) is 18.9. The topological polar surface area (TPSA) is 95.9 Å². The van der Waals surface area contributed by atoms with Crippen molar-refractivity contribution in [2.24, 2.45) is 23.7 Å². The lowest BCUT2D eigenvalue weighted by Gasteiger charge is -2.23. The summed E-state index contributed by atoms with van der Waals surface area (Å²) in [6.07, 6.45) is 1.66. The summed E-state index contributed by atoms with van der Waals surface area (Å²) in [6.45, 7) is 1.39. The molecule has 2 aromatic rings. The fourth-order valence-corrected chi connectivity index (χ4v) is 6.47. The average molecular weight is 461 g/mol. The van der Waals surface area contributed by atoms with Gasteiger partial charge in [-0.05, 0) is 53.4 Å². The molecule has 1 unspecified atom stereocenters. The summed E-state index contributed by atoms with van der Waals surface area (Å²) in [5, 5.41) is 12.1. The van der Waals surface area contributed by atoms with Gasteiger partial charge in [-0.3, -0.25) is 9.59 Å². The molecule has 0 spiro atoms. The second-order valence-corrected chi connectivity index (χ2v) is 10.1. The largest absolute Gasteiger partial charge is 0.481 e. The summed E-state index contributed by atoms with van der Waals surface area (Å²) in [6, 6.07) is 16.4. The molecule has 34 heavy (non-hydrogen) atoms. The Morgan fingerprint density at radius 1 is 0.941 bits per heavy atom. The van der Waals surface area contributed by atoms with Gasteiger partial charge in [-0.25, -0.2) is 4.79 Å². The Hall–Kier alpha value is -3.35. The number of ether oxygens (including phenoxy) is 1. The lowest BCUT2D eigenvalue weighted by atomic mass is 9.98. The van der Waals surface area contributed by atoms with E-state index in [1.165, 1.54) is 22.3 Å². The van der Waals surface area contributed by atoms with E-state index in [4.69, 9.17) is 9.84 Å². The number of carbonyl (C=O) groups is 3. The highest BCUT2D eigenvalue weighted by Crippen LogP contribution is 2.52. The van der Waals surface area contributed by atoms with Gasteiger partial charge in [-0.2, -0.15) is 0 Å². The number of piperidine rings is 1. The number of hydrogen-bond donors (Lipinski definition) is 2. The van der Waals surface area contributed by atoms with Gasteiger partial charge in [0.15, 0.2) is 0 Å². The van der Waals surface area contributed by atoms with Crippen LogP contribution in [-0.4, -0.2) is 53.7 Å². The lowest BCUT2D eigenvalue weighted by Crippen LogP contribution is -2.38. The van der Waals surface area contributed by atoms with E-state index >= 15 is 0 Å². The van der Waals surface area contributed by atoms with Crippen molar-refractivity contribution in [3.8, 4) is 11.1 Å². The standard InChI is InChI=1S/C27H28N2O5/c30-25(29-12-21-22(13-29)24(21)26(31)32)15-9-10-16(11-15)28-27(33)34-14-23-19-7-3-1-5-17(19)18-6-2-4-8-20(18)23/h1-8,15-16,21-24H,9-14H2,(H,28,33)(H,31,32)/t15-,16+,21-,22+,24?/m1/s1. The molecule has 0 bridgehead atoms. The molecular weight excluding hydrogens is 432 g/mol. The van der Waals surface area contributed by atoms with Gasteiger partial charge in [-0.15, -0.1) is 0 Å². The molecule has 5 atom stereocenters. The van der Waals surface area contributed by atoms with Gasteiger partial charge in [0.2, 0.25) is 5.91 Å². The maximum Gasteiger partial charge on any atom is 0.407 e. The summed E-state index contributed by atoms with van der Waals surface area (Å²) in [7, 11) is 0. The van der Waals surface area contributed by atoms with E-state index in [1.807, 2.05) is 29.2 Å². The molecule has 4 aliphatic rings. The number of nitrogens with zero attached hydrogens (tertiary/aromatic N) is 1. The summed E-state index contributed by atoms with van der Waals surface area (Å²) in [5.74, 6) is -0.749. The van der Waals surface area contributed by atoms with Crippen LogP contribution in [0, 0.1) is 23.7 Å². The number of amides is 2. The van der Waals surface area contributed by atoms with Crippen LogP contribution >= 0.6 is 0 Å². The molecule has 1 heterocycles. The van der Waals surface area contributed by atoms with Crippen LogP contribution in [0.1, 0.15) is 36.3 Å². The number of aliphatic carboxylic acids is 1. The number of rotatable bonds is 5. The predicted octanol–water partition coefficient (Wildman–Crippen LogP) is 3.48. The number of hydrogen-bond acceptors (Lipinski definition) is 4. The molecule has 0 radical (unpaired) electrons. The molecule has 2 N–H and O–H groups in total. The van der Waals surface area contributed by atoms with E-state index in [2.05, 4.69) is 29.6 Å². The molecule has 176 valence electrons. The van der Waals surface area contributed by atoms with Crippen LogP contribution in [0.3, 0.4) is 0 Å². The van der Waals surface area contributed by atoms with Gasteiger partial charge in [-0.1, -0.05) is 48.5 Å². The van der Waals surface area contributed by atoms with E-state index < -0.39 is 12.1 Å². The van der Waals surface area contributed by atoms with Crippen molar-refractivity contribution in [2.75, 3.05) is 19.7 Å². The summed E-state index contributed by atoms with van der Waals surface area (Å²) < 4.78 is 5.65. The molecule has 7 heteroatoms. The van der Waals surface area contributed by atoms with Gasteiger partial charge in [0.25, 0.3) is 0 Å². The van der Waals surface area contributed by atoms with Crippen LogP contribution in [0.15, 0.2) is 48.5 Å². The summed E-state index contributed by atoms with van der Waals surface area (Å²) in [4.78, 5) is 38.5. The normalized spacial score (nSPS) is 28.7. The quantitative estimate of drug-likeness (QED) is 0.712. The zero-order valence-electron chi connectivity index (χ0n) is 18.9. The number of carboxylic acids is 1. The maximum atomic E-state index is 12.9. The van der Waals surface area contributed by atoms with Crippen LogP contribution in [0.2, 0.25) is 0 Å². The van der Waals surface area contributed by atoms with E-state index in [1.54, 1.807) is 0 Å². The molecule has 1 saturated heterocycles.